The summed E-state index contributed by atoms with van der Waals surface area (Å²) in [6.45, 7) is 12.8. The molecule has 0 spiro atoms. The molecule has 0 aliphatic carbocycles. The van der Waals surface area contributed by atoms with Crippen LogP contribution in [0.3, 0.4) is 0 Å². The number of hydrazine groups is 1. The van der Waals surface area contributed by atoms with Crippen LogP contribution in [-0.4, -0.2) is 73.0 Å². The standard InChI is InChI=1S/C19H31N3O2S/c1-15(2)20-6-4-17(5-7-20)24-19-13-16-3-8-22(14-18(16)25-19)21-9-11-23-12-10-21/h13,15,17H,3-12,14H2,1-2H3. The predicted octanol–water partition coefficient (Wildman–Crippen LogP) is 2.61. The van der Waals surface area contributed by atoms with Gasteiger partial charge >= 0.3 is 0 Å². The van der Waals surface area contributed by atoms with Gasteiger partial charge in [0.05, 0.1) is 13.2 Å². The van der Waals surface area contributed by atoms with E-state index in [-0.39, 0.29) is 0 Å². The Kier molecular flexibility index (Phi) is 5.62. The highest BCUT2D eigenvalue weighted by atomic mass is 32.1. The Morgan fingerprint density at radius 3 is 2.56 bits per heavy atom. The fourth-order valence-corrected chi connectivity index (χ4v) is 5.22. The summed E-state index contributed by atoms with van der Waals surface area (Å²) in [5.41, 5.74) is 1.50. The first-order valence-corrected chi connectivity index (χ1v) is 10.6. The summed E-state index contributed by atoms with van der Waals surface area (Å²) >= 11 is 1.87. The maximum atomic E-state index is 6.36. The first kappa shape index (κ1) is 17.7. The van der Waals surface area contributed by atoms with Crippen LogP contribution in [0.25, 0.3) is 0 Å². The van der Waals surface area contributed by atoms with Crippen molar-refractivity contribution in [1.82, 2.24) is 14.9 Å². The van der Waals surface area contributed by atoms with E-state index in [4.69, 9.17) is 9.47 Å². The lowest BCUT2D eigenvalue weighted by molar-refractivity contribution is -0.0971. The Hall–Kier alpha value is -0.660. The predicted molar refractivity (Wildman–Crippen MR) is 101 cm³/mol. The third-order valence-electron chi connectivity index (χ3n) is 5.72. The van der Waals surface area contributed by atoms with E-state index in [9.17, 15) is 0 Å². The van der Waals surface area contributed by atoms with Gasteiger partial charge in [-0.2, -0.15) is 0 Å². The summed E-state index contributed by atoms with van der Waals surface area (Å²) in [5.74, 6) is 0. The molecule has 0 N–H and O–H groups in total. The van der Waals surface area contributed by atoms with E-state index in [0.717, 1.165) is 76.8 Å². The number of thiophene rings is 1. The van der Waals surface area contributed by atoms with Crippen LogP contribution < -0.4 is 4.74 Å². The quantitative estimate of drug-likeness (QED) is 0.818. The summed E-state index contributed by atoms with van der Waals surface area (Å²) in [5, 5.41) is 6.11. The minimum Gasteiger partial charge on any atom is -0.481 e. The molecule has 140 valence electrons. The van der Waals surface area contributed by atoms with Gasteiger partial charge < -0.3 is 14.4 Å². The number of ether oxygens (including phenoxy) is 2. The van der Waals surface area contributed by atoms with Crippen LogP contribution >= 0.6 is 11.3 Å². The number of likely N-dealkylation sites (tertiary alicyclic amines) is 1. The van der Waals surface area contributed by atoms with Gasteiger partial charge in [-0.1, -0.05) is 0 Å². The van der Waals surface area contributed by atoms with Gasteiger partial charge in [0.25, 0.3) is 0 Å². The molecule has 1 aromatic rings. The molecule has 25 heavy (non-hydrogen) atoms. The number of hydrogen-bond acceptors (Lipinski definition) is 6. The lowest BCUT2D eigenvalue weighted by Crippen LogP contribution is -2.50. The molecular formula is C19H31N3O2S. The number of morpholine rings is 1. The van der Waals surface area contributed by atoms with Crippen molar-refractivity contribution in [2.24, 2.45) is 0 Å². The van der Waals surface area contributed by atoms with Gasteiger partial charge in [-0.05, 0) is 44.7 Å². The fraction of sp³-hybridized carbons (Fsp3) is 0.789. The zero-order valence-corrected chi connectivity index (χ0v) is 16.4. The van der Waals surface area contributed by atoms with Gasteiger partial charge in [0.1, 0.15) is 6.10 Å². The summed E-state index contributed by atoms with van der Waals surface area (Å²) in [7, 11) is 0. The van der Waals surface area contributed by atoms with Crippen LogP contribution in [0.4, 0.5) is 0 Å². The number of piperidine rings is 1. The van der Waals surface area contributed by atoms with Crippen molar-refractivity contribution < 1.29 is 9.47 Å². The molecule has 4 rings (SSSR count). The second kappa shape index (κ2) is 7.92. The monoisotopic (exact) mass is 365 g/mol. The van der Waals surface area contributed by atoms with E-state index >= 15 is 0 Å². The third kappa shape index (κ3) is 4.19. The normalized spacial score (nSPS) is 24.6. The highest BCUT2D eigenvalue weighted by molar-refractivity contribution is 7.14. The Morgan fingerprint density at radius 2 is 1.84 bits per heavy atom. The molecule has 0 aromatic carbocycles. The molecule has 2 fully saturated rings. The molecule has 0 unspecified atom stereocenters. The summed E-state index contributed by atoms with van der Waals surface area (Å²) in [6.07, 6.45) is 3.84. The molecule has 2 saturated heterocycles. The topological polar surface area (TPSA) is 28.2 Å². The van der Waals surface area contributed by atoms with Crippen molar-refractivity contribution in [3.8, 4) is 5.06 Å². The Balaban J connectivity index is 1.33. The largest absolute Gasteiger partial charge is 0.481 e. The Morgan fingerprint density at radius 1 is 1.08 bits per heavy atom. The van der Waals surface area contributed by atoms with Crippen molar-refractivity contribution >= 4 is 11.3 Å². The molecule has 3 aliphatic heterocycles. The van der Waals surface area contributed by atoms with Gasteiger partial charge in [0.2, 0.25) is 0 Å². The smallest absolute Gasteiger partial charge is 0.174 e. The van der Waals surface area contributed by atoms with Crippen molar-refractivity contribution in [1.29, 1.82) is 0 Å². The average Bonchev–Trinajstić information content (AvgIpc) is 3.04. The lowest BCUT2D eigenvalue weighted by atomic mass is 10.1. The lowest BCUT2D eigenvalue weighted by Gasteiger charge is -2.39. The summed E-state index contributed by atoms with van der Waals surface area (Å²) in [4.78, 5) is 4.05. The molecule has 1 aromatic heterocycles. The number of rotatable bonds is 4. The SMILES string of the molecule is CC(C)N1CCC(Oc2cc3c(s2)CN(N2CCOCC2)CC3)CC1. The fourth-order valence-electron chi connectivity index (χ4n) is 4.09. The summed E-state index contributed by atoms with van der Waals surface area (Å²) < 4.78 is 11.8. The number of fused-ring (bicyclic) bond motifs is 1. The van der Waals surface area contributed by atoms with E-state index in [1.54, 1.807) is 0 Å². The first-order valence-electron chi connectivity index (χ1n) is 9.79. The molecule has 4 heterocycles. The van der Waals surface area contributed by atoms with E-state index in [2.05, 4.69) is 34.8 Å². The van der Waals surface area contributed by atoms with Gasteiger partial charge in [-0.15, -0.1) is 11.3 Å². The highest BCUT2D eigenvalue weighted by Crippen LogP contribution is 2.35. The maximum Gasteiger partial charge on any atom is 0.174 e. The first-order chi connectivity index (χ1) is 12.2. The highest BCUT2D eigenvalue weighted by Gasteiger charge is 2.27. The van der Waals surface area contributed by atoms with Crippen molar-refractivity contribution in [3.05, 3.63) is 16.5 Å². The van der Waals surface area contributed by atoms with Gasteiger partial charge in [-0.25, -0.2) is 10.0 Å². The van der Waals surface area contributed by atoms with Gasteiger partial charge in [0, 0.05) is 50.2 Å². The molecule has 0 radical (unpaired) electrons. The molecule has 5 nitrogen and oxygen atoms in total. The molecular weight excluding hydrogens is 334 g/mol. The summed E-state index contributed by atoms with van der Waals surface area (Å²) in [6, 6.07) is 2.96. The molecule has 0 amide bonds. The van der Waals surface area contributed by atoms with Crippen LogP contribution in [0.5, 0.6) is 5.06 Å². The average molecular weight is 366 g/mol. The van der Waals surface area contributed by atoms with E-state index in [1.165, 1.54) is 10.4 Å². The molecule has 6 heteroatoms. The Bertz CT molecular complexity index is 563. The Labute approximate surface area is 155 Å². The van der Waals surface area contributed by atoms with E-state index in [0.29, 0.717) is 12.1 Å². The second-order valence-electron chi connectivity index (χ2n) is 7.66. The van der Waals surface area contributed by atoms with Crippen molar-refractivity contribution in [2.45, 2.75) is 51.8 Å². The molecule has 0 saturated carbocycles. The maximum absolute atomic E-state index is 6.36. The third-order valence-corrected chi connectivity index (χ3v) is 6.77. The van der Waals surface area contributed by atoms with E-state index in [1.807, 2.05) is 11.3 Å². The molecule has 0 bridgehead atoms. The number of hydrogen-bond donors (Lipinski definition) is 0. The van der Waals surface area contributed by atoms with Crippen LogP contribution in [0.15, 0.2) is 6.07 Å². The minimum atomic E-state index is 0.394. The van der Waals surface area contributed by atoms with Gasteiger partial charge in [0.15, 0.2) is 5.06 Å². The van der Waals surface area contributed by atoms with Gasteiger partial charge in [-0.3, -0.25) is 0 Å². The second-order valence-corrected chi connectivity index (χ2v) is 8.76. The number of nitrogens with zero attached hydrogens (tertiary/aromatic N) is 3. The zero-order chi connectivity index (χ0) is 17.2. The van der Waals surface area contributed by atoms with E-state index < -0.39 is 0 Å². The molecule has 0 atom stereocenters. The molecule has 3 aliphatic rings. The van der Waals surface area contributed by atoms with Crippen LogP contribution in [0.2, 0.25) is 0 Å². The zero-order valence-electron chi connectivity index (χ0n) is 15.6. The van der Waals surface area contributed by atoms with Crippen LogP contribution in [0, 0.1) is 0 Å². The van der Waals surface area contributed by atoms with Crippen molar-refractivity contribution in [2.75, 3.05) is 45.9 Å². The van der Waals surface area contributed by atoms with Crippen LogP contribution in [-0.2, 0) is 17.7 Å². The van der Waals surface area contributed by atoms with Crippen molar-refractivity contribution in [3.63, 3.8) is 0 Å². The minimum absolute atomic E-state index is 0.394. The van der Waals surface area contributed by atoms with Crippen LogP contribution in [0.1, 0.15) is 37.1 Å².